The van der Waals surface area contributed by atoms with Gasteiger partial charge in [0, 0.05) is 0 Å². The molecule has 1 nitrogen and oxygen atoms in total. The van der Waals surface area contributed by atoms with E-state index >= 15 is 0 Å². The molecule has 0 unspecified atom stereocenters. The minimum atomic E-state index is 0.701. The van der Waals surface area contributed by atoms with Gasteiger partial charge in [-0.05, 0) is 50.1 Å². The highest BCUT2D eigenvalue weighted by atomic mass is 79.9. The molecule has 0 N–H and O–H groups in total. The normalized spacial score (nSPS) is 10.5. The summed E-state index contributed by atoms with van der Waals surface area (Å²) in [5.74, 6) is 0. The van der Waals surface area contributed by atoms with Crippen LogP contribution in [0.3, 0.4) is 0 Å². The lowest BCUT2D eigenvalue weighted by Crippen LogP contribution is -1.92. The third kappa shape index (κ3) is 1.76. The quantitative estimate of drug-likeness (QED) is 0.726. The molecule has 0 aliphatic heterocycles. The number of nitrogens with zero attached hydrogens (tertiary/aromatic N) is 1. The fourth-order valence-electron chi connectivity index (χ4n) is 1.15. The van der Waals surface area contributed by atoms with Gasteiger partial charge in [-0.2, -0.15) is 0 Å². The zero-order valence-corrected chi connectivity index (χ0v) is 10.9. The van der Waals surface area contributed by atoms with Gasteiger partial charge in [-0.3, -0.25) is 4.57 Å². The molecule has 71 valence electrons. The van der Waals surface area contributed by atoms with Crippen LogP contribution in [0.1, 0.15) is 0 Å². The van der Waals surface area contributed by atoms with Crippen LogP contribution in [0.25, 0.3) is 5.69 Å². The van der Waals surface area contributed by atoms with Crippen molar-refractivity contribution in [2.75, 3.05) is 0 Å². The summed E-state index contributed by atoms with van der Waals surface area (Å²) in [6, 6.07) is 9.47. The van der Waals surface area contributed by atoms with Crippen molar-refractivity contribution in [1.29, 1.82) is 0 Å². The number of aromatic nitrogens is 1. The zero-order chi connectivity index (χ0) is 10.1. The van der Waals surface area contributed by atoms with Crippen molar-refractivity contribution in [3.8, 4) is 5.69 Å². The van der Waals surface area contributed by atoms with Gasteiger partial charge < -0.3 is 0 Å². The van der Waals surface area contributed by atoms with Crippen molar-refractivity contribution in [2.45, 2.75) is 0 Å². The van der Waals surface area contributed by atoms with E-state index in [2.05, 4.69) is 38.1 Å². The molecule has 2 rings (SSSR count). The SMILES string of the molecule is Clc1ccccc1-n1[c]cc(Br)c1Br. The first kappa shape index (κ1) is 10.3. The monoisotopic (exact) mass is 332 g/mol. The highest BCUT2D eigenvalue weighted by Gasteiger charge is 2.08. The Balaban J connectivity index is 2.60. The van der Waals surface area contributed by atoms with Crippen molar-refractivity contribution in [1.82, 2.24) is 4.57 Å². The zero-order valence-electron chi connectivity index (χ0n) is 6.97. The van der Waals surface area contributed by atoms with E-state index in [0.717, 1.165) is 14.8 Å². The Morgan fingerprint density at radius 1 is 1.21 bits per heavy atom. The lowest BCUT2D eigenvalue weighted by Gasteiger charge is -2.06. The minimum absolute atomic E-state index is 0.701. The van der Waals surface area contributed by atoms with Gasteiger partial charge in [-0.25, -0.2) is 0 Å². The molecular weight excluding hydrogens is 329 g/mol. The standard InChI is InChI=1S/C10H5Br2ClN/c11-7-5-6-14(10(7)12)9-4-2-1-3-8(9)13/h1-5H. The summed E-state index contributed by atoms with van der Waals surface area (Å²) in [4.78, 5) is 0. The summed E-state index contributed by atoms with van der Waals surface area (Å²) in [5, 5.41) is 0.701. The predicted octanol–water partition coefficient (Wildman–Crippen LogP) is 4.46. The van der Waals surface area contributed by atoms with E-state index in [4.69, 9.17) is 11.6 Å². The van der Waals surface area contributed by atoms with Crippen LogP contribution < -0.4 is 0 Å². The molecule has 0 saturated carbocycles. The van der Waals surface area contributed by atoms with Crippen LogP contribution in [0, 0.1) is 6.20 Å². The van der Waals surface area contributed by atoms with Gasteiger partial charge in [0.05, 0.1) is 21.4 Å². The van der Waals surface area contributed by atoms with Crippen LogP contribution in [0.5, 0.6) is 0 Å². The number of para-hydroxylation sites is 1. The van der Waals surface area contributed by atoms with Gasteiger partial charge in [0.25, 0.3) is 0 Å². The number of halogens is 3. The molecule has 14 heavy (non-hydrogen) atoms. The molecule has 0 bridgehead atoms. The third-order valence-electron chi connectivity index (χ3n) is 1.81. The van der Waals surface area contributed by atoms with Gasteiger partial charge in [0.2, 0.25) is 0 Å². The topological polar surface area (TPSA) is 4.93 Å². The summed E-state index contributed by atoms with van der Waals surface area (Å²) >= 11 is 12.9. The average Bonchev–Trinajstić information content (AvgIpc) is 2.49. The highest BCUT2D eigenvalue weighted by Crippen LogP contribution is 2.29. The van der Waals surface area contributed by atoms with E-state index in [1.807, 2.05) is 34.9 Å². The predicted molar refractivity (Wildman–Crippen MR) is 65.0 cm³/mol. The average molecular weight is 334 g/mol. The van der Waals surface area contributed by atoms with Crippen LogP contribution in [0.15, 0.2) is 39.4 Å². The van der Waals surface area contributed by atoms with E-state index < -0.39 is 0 Å². The second kappa shape index (κ2) is 4.09. The molecule has 0 fully saturated rings. The minimum Gasteiger partial charge on any atom is -0.300 e. The third-order valence-corrected chi connectivity index (χ3v) is 4.05. The maximum atomic E-state index is 6.06. The first-order valence-corrected chi connectivity index (χ1v) is 5.86. The van der Waals surface area contributed by atoms with E-state index in [0.29, 0.717) is 5.02 Å². The summed E-state index contributed by atoms with van der Waals surface area (Å²) < 4.78 is 3.72. The molecule has 2 aromatic rings. The first-order valence-electron chi connectivity index (χ1n) is 3.89. The summed E-state index contributed by atoms with van der Waals surface area (Å²) in [5.41, 5.74) is 0.909. The van der Waals surface area contributed by atoms with Crippen molar-refractivity contribution >= 4 is 43.5 Å². The molecule has 0 spiro atoms. The molecule has 0 atom stereocenters. The Kier molecular flexibility index (Phi) is 3.00. The van der Waals surface area contributed by atoms with Crippen LogP contribution in [0.2, 0.25) is 5.02 Å². The number of hydrogen-bond donors (Lipinski definition) is 0. The Hall–Kier alpha value is -0.250. The van der Waals surface area contributed by atoms with Gasteiger partial charge >= 0.3 is 0 Å². The Morgan fingerprint density at radius 2 is 1.93 bits per heavy atom. The van der Waals surface area contributed by atoms with Crippen molar-refractivity contribution in [3.63, 3.8) is 0 Å². The number of benzene rings is 1. The summed E-state index contributed by atoms with van der Waals surface area (Å²) in [7, 11) is 0. The van der Waals surface area contributed by atoms with Crippen molar-refractivity contribution < 1.29 is 0 Å². The molecule has 0 aliphatic rings. The lowest BCUT2D eigenvalue weighted by atomic mass is 10.3. The molecule has 0 amide bonds. The van der Waals surface area contributed by atoms with Gasteiger partial charge in [0.15, 0.2) is 0 Å². The summed E-state index contributed by atoms with van der Waals surface area (Å²) in [6.07, 6.45) is 3.07. The Bertz CT molecular complexity index is 465. The summed E-state index contributed by atoms with van der Waals surface area (Å²) in [6.45, 7) is 0. The Morgan fingerprint density at radius 3 is 2.50 bits per heavy atom. The lowest BCUT2D eigenvalue weighted by molar-refractivity contribution is 1.04. The fourth-order valence-corrected chi connectivity index (χ4v) is 2.06. The van der Waals surface area contributed by atoms with Crippen LogP contribution in [0.4, 0.5) is 0 Å². The highest BCUT2D eigenvalue weighted by molar-refractivity contribution is 9.13. The van der Waals surface area contributed by atoms with Crippen LogP contribution in [-0.4, -0.2) is 4.57 Å². The molecule has 0 aliphatic carbocycles. The van der Waals surface area contributed by atoms with Crippen molar-refractivity contribution in [3.05, 3.63) is 50.6 Å². The molecule has 4 heteroatoms. The first-order chi connectivity index (χ1) is 6.70. The van der Waals surface area contributed by atoms with E-state index in [-0.39, 0.29) is 0 Å². The molecule has 1 radical (unpaired) electrons. The maximum Gasteiger partial charge on any atom is 0.104 e. The van der Waals surface area contributed by atoms with Gasteiger partial charge in [-0.15, -0.1) is 0 Å². The number of hydrogen-bond acceptors (Lipinski definition) is 0. The van der Waals surface area contributed by atoms with Gasteiger partial charge in [0.1, 0.15) is 4.60 Å². The van der Waals surface area contributed by atoms with Gasteiger partial charge in [-0.1, -0.05) is 23.7 Å². The maximum absolute atomic E-state index is 6.06. The molecule has 1 aromatic heterocycles. The molecular formula is C10H5Br2ClN. The number of rotatable bonds is 1. The fraction of sp³-hybridized carbons (Fsp3) is 0. The van der Waals surface area contributed by atoms with Crippen molar-refractivity contribution in [2.24, 2.45) is 0 Å². The van der Waals surface area contributed by atoms with E-state index in [1.165, 1.54) is 0 Å². The Labute approximate surface area is 104 Å². The second-order valence-electron chi connectivity index (χ2n) is 2.70. The smallest absolute Gasteiger partial charge is 0.104 e. The molecule has 1 heterocycles. The largest absolute Gasteiger partial charge is 0.300 e. The van der Waals surface area contributed by atoms with Crippen LogP contribution >= 0.6 is 43.5 Å². The van der Waals surface area contributed by atoms with E-state index in [9.17, 15) is 0 Å². The molecule has 0 saturated heterocycles. The van der Waals surface area contributed by atoms with E-state index in [1.54, 1.807) is 0 Å². The van der Waals surface area contributed by atoms with Crippen LogP contribution in [-0.2, 0) is 0 Å². The molecule has 1 aromatic carbocycles. The second-order valence-corrected chi connectivity index (χ2v) is 4.71.